The highest BCUT2D eigenvalue weighted by Crippen LogP contribution is 2.24. The summed E-state index contributed by atoms with van der Waals surface area (Å²) in [6.07, 6.45) is 4.83. The maximum absolute atomic E-state index is 12.3. The molecule has 1 aromatic heterocycles. The maximum Gasteiger partial charge on any atom is 0.338 e. The summed E-state index contributed by atoms with van der Waals surface area (Å²) in [5, 5.41) is 15.4. The van der Waals surface area contributed by atoms with Crippen molar-refractivity contribution in [3.8, 4) is 11.4 Å². The van der Waals surface area contributed by atoms with Crippen LogP contribution in [0.3, 0.4) is 0 Å². The number of aryl methyl sites for hydroxylation is 1. The highest BCUT2D eigenvalue weighted by atomic mass is 16.5. The van der Waals surface area contributed by atoms with E-state index >= 15 is 0 Å². The Morgan fingerprint density at radius 1 is 1.03 bits per heavy atom. The van der Waals surface area contributed by atoms with Gasteiger partial charge in [0.15, 0.2) is 0 Å². The van der Waals surface area contributed by atoms with Gasteiger partial charge in [-0.25, -0.2) is 4.79 Å². The van der Waals surface area contributed by atoms with Crippen molar-refractivity contribution in [1.82, 2.24) is 25.5 Å². The number of hydrogen-bond acceptors (Lipinski definition) is 6. The van der Waals surface area contributed by atoms with Gasteiger partial charge in [-0.15, -0.1) is 10.2 Å². The fourth-order valence-corrected chi connectivity index (χ4v) is 3.78. The first kappa shape index (κ1) is 21.7. The lowest BCUT2D eigenvalue weighted by Crippen LogP contribution is -2.28. The lowest BCUT2D eigenvalue weighted by atomic mass is 10.1. The van der Waals surface area contributed by atoms with Gasteiger partial charge in [-0.3, -0.25) is 4.79 Å². The Balaban J connectivity index is 1.17. The third-order valence-corrected chi connectivity index (χ3v) is 5.60. The van der Waals surface area contributed by atoms with Crippen LogP contribution in [0.2, 0.25) is 0 Å². The maximum atomic E-state index is 12.3. The van der Waals surface area contributed by atoms with Crippen molar-refractivity contribution >= 4 is 11.9 Å². The second-order valence-corrected chi connectivity index (χ2v) is 7.96. The molecule has 1 heterocycles. The number of nitrogens with one attached hydrogen (secondary N) is 1. The molecule has 0 spiro atoms. The zero-order valence-corrected chi connectivity index (χ0v) is 17.9. The van der Waals surface area contributed by atoms with E-state index in [1.807, 2.05) is 42.5 Å². The third kappa shape index (κ3) is 5.78. The van der Waals surface area contributed by atoms with Crippen molar-refractivity contribution in [2.45, 2.75) is 45.2 Å². The van der Waals surface area contributed by atoms with Crippen LogP contribution >= 0.6 is 0 Å². The molecule has 166 valence electrons. The lowest BCUT2D eigenvalue weighted by Gasteiger charge is -2.10. The summed E-state index contributed by atoms with van der Waals surface area (Å²) < 4.78 is 5.35. The van der Waals surface area contributed by atoms with Gasteiger partial charge in [-0.1, -0.05) is 55.3 Å². The minimum Gasteiger partial charge on any atom is -0.462 e. The number of carbonyl (C=O) groups is 2. The van der Waals surface area contributed by atoms with Gasteiger partial charge >= 0.3 is 5.97 Å². The van der Waals surface area contributed by atoms with Gasteiger partial charge in [0.05, 0.1) is 18.7 Å². The van der Waals surface area contributed by atoms with E-state index < -0.39 is 0 Å². The molecular weight excluding hydrogens is 406 g/mol. The number of carbonyl (C=O) groups excluding carboxylic acids is 2. The molecule has 0 unspecified atom stereocenters. The van der Waals surface area contributed by atoms with Crippen molar-refractivity contribution < 1.29 is 14.3 Å². The molecule has 0 aliphatic heterocycles. The Hall–Kier alpha value is -3.55. The number of benzene rings is 2. The first-order chi connectivity index (χ1) is 15.7. The SMILES string of the molecule is O=C(OCCCn1nnc(-c2ccccc2)n1)c1ccc(CNC(=O)C2CCCC2)cc1. The molecule has 32 heavy (non-hydrogen) atoms. The summed E-state index contributed by atoms with van der Waals surface area (Å²) in [6.45, 7) is 1.24. The van der Waals surface area contributed by atoms with Crippen molar-refractivity contribution in [2.24, 2.45) is 5.92 Å². The van der Waals surface area contributed by atoms with Crippen LogP contribution in [-0.2, 0) is 22.6 Å². The molecule has 4 rings (SSSR count). The van der Waals surface area contributed by atoms with Crippen LogP contribution in [0.15, 0.2) is 54.6 Å². The van der Waals surface area contributed by atoms with Gasteiger partial charge in [0.2, 0.25) is 11.7 Å². The predicted molar refractivity (Wildman–Crippen MR) is 118 cm³/mol. The van der Waals surface area contributed by atoms with Gasteiger partial charge in [-0.05, 0) is 35.8 Å². The van der Waals surface area contributed by atoms with Gasteiger partial charge in [0.1, 0.15) is 0 Å². The van der Waals surface area contributed by atoms with Crippen LogP contribution in [-0.4, -0.2) is 38.7 Å². The molecule has 0 saturated heterocycles. The molecule has 1 saturated carbocycles. The Labute approximate surface area is 187 Å². The summed E-state index contributed by atoms with van der Waals surface area (Å²) in [5.74, 6) is 0.482. The summed E-state index contributed by atoms with van der Waals surface area (Å²) in [7, 11) is 0. The average Bonchev–Trinajstić information content (AvgIpc) is 3.54. The van der Waals surface area contributed by atoms with E-state index in [0.717, 1.165) is 36.8 Å². The fourth-order valence-electron chi connectivity index (χ4n) is 3.78. The summed E-state index contributed by atoms with van der Waals surface area (Å²) in [4.78, 5) is 25.9. The Kier molecular flexibility index (Phi) is 7.22. The van der Waals surface area contributed by atoms with Crippen LogP contribution < -0.4 is 5.32 Å². The number of esters is 1. The van der Waals surface area contributed by atoms with Crippen molar-refractivity contribution in [2.75, 3.05) is 6.61 Å². The topological polar surface area (TPSA) is 99.0 Å². The van der Waals surface area contributed by atoms with E-state index in [1.54, 1.807) is 12.1 Å². The molecule has 8 nitrogen and oxygen atoms in total. The van der Waals surface area contributed by atoms with Crippen molar-refractivity contribution in [3.05, 3.63) is 65.7 Å². The molecule has 0 atom stereocenters. The van der Waals surface area contributed by atoms with Crippen LogP contribution in [0.25, 0.3) is 11.4 Å². The van der Waals surface area contributed by atoms with Crippen LogP contribution in [0.5, 0.6) is 0 Å². The fraction of sp³-hybridized carbons (Fsp3) is 0.375. The van der Waals surface area contributed by atoms with Gasteiger partial charge in [0.25, 0.3) is 0 Å². The first-order valence-corrected chi connectivity index (χ1v) is 11.1. The number of amides is 1. The van der Waals surface area contributed by atoms with Gasteiger partial charge in [0, 0.05) is 24.4 Å². The highest BCUT2D eigenvalue weighted by Gasteiger charge is 2.22. The second-order valence-electron chi connectivity index (χ2n) is 7.96. The average molecular weight is 434 g/mol. The van der Waals surface area contributed by atoms with Crippen LogP contribution in [0.1, 0.15) is 48.0 Å². The second kappa shape index (κ2) is 10.7. The van der Waals surface area contributed by atoms with Crippen LogP contribution in [0, 0.1) is 5.92 Å². The molecule has 0 bridgehead atoms. The number of tetrazole rings is 1. The summed E-state index contributed by atoms with van der Waals surface area (Å²) in [5.41, 5.74) is 2.35. The number of hydrogen-bond donors (Lipinski definition) is 1. The van der Waals surface area contributed by atoms with E-state index in [9.17, 15) is 9.59 Å². The van der Waals surface area contributed by atoms with Crippen molar-refractivity contribution in [3.63, 3.8) is 0 Å². The number of aromatic nitrogens is 4. The van der Waals surface area contributed by atoms with E-state index in [-0.39, 0.29) is 24.4 Å². The Morgan fingerprint density at radius 3 is 2.53 bits per heavy atom. The summed E-state index contributed by atoms with van der Waals surface area (Å²) >= 11 is 0. The Bertz CT molecular complexity index is 1030. The van der Waals surface area contributed by atoms with E-state index in [2.05, 4.69) is 20.7 Å². The predicted octanol–water partition coefficient (Wildman–Crippen LogP) is 3.39. The smallest absolute Gasteiger partial charge is 0.338 e. The van der Waals surface area contributed by atoms with E-state index in [1.165, 1.54) is 4.80 Å². The minimum atomic E-state index is -0.372. The first-order valence-electron chi connectivity index (χ1n) is 11.1. The highest BCUT2D eigenvalue weighted by molar-refractivity contribution is 5.89. The normalized spacial score (nSPS) is 13.8. The molecule has 3 aromatic rings. The molecule has 1 N–H and O–H groups in total. The summed E-state index contributed by atoms with van der Waals surface area (Å²) in [6, 6.07) is 16.8. The molecule has 0 radical (unpaired) electrons. The quantitative estimate of drug-likeness (QED) is 0.410. The molecule has 1 fully saturated rings. The molecule has 2 aromatic carbocycles. The van der Waals surface area contributed by atoms with Gasteiger partial charge < -0.3 is 10.1 Å². The molecule has 8 heteroatoms. The third-order valence-electron chi connectivity index (χ3n) is 5.60. The molecule has 1 aliphatic carbocycles. The lowest BCUT2D eigenvalue weighted by molar-refractivity contribution is -0.124. The van der Waals surface area contributed by atoms with E-state index in [0.29, 0.717) is 30.9 Å². The van der Waals surface area contributed by atoms with Crippen LogP contribution in [0.4, 0.5) is 0 Å². The largest absolute Gasteiger partial charge is 0.462 e. The monoisotopic (exact) mass is 433 g/mol. The van der Waals surface area contributed by atoms with Crippen molar-refractivity contribution in [1.29, 1.82) is 0 Å². The number of rotatable bonds is 9. The molecule has 1 aliphatic rings. The van der Waals surface area contributed by atoms with E-state index in [4.69, 9.17) is 4.74 Å². The Morgan fingerprint density at radius 2 is 1.78 bits per heavy atom. The molecular formula is C24H27N5O3. The molecule has 1 amide bonds. The number of nitrogens with zero attached hydrogens (tertiary/aromatic N) is 4. The number of ether oxygens (including phenoxy) is 1. The zero-order chi connectivity index (χ0) is 22.2. The van der Waals surface area contributed by atoms with Gasteiger partial charge in [-0.2, -0.15) is 4.80 Å². The minimum absolute atomic E-state index is 0.128. The zero-order valence-electron chi connectivity index (χ0n) is 17.9. The standard InChI is InChI=1S/C24H27N5O3/c30-23(20-9-4-5-10-20)25-17-18-11-13-21(14-12-18)24(31)32-16-6-15-29-27-22(26-28-29)19-7-2-1-3-8-19/h1-3,7-8,11-14,20H,4-6,9-10,15-17H2,(H,25,30).